The molecule has 2 rings (SSSR count). The Kier molecular flexibility index (Phi) is 4.79. The predicted octanol–water partition coefficient (Wildman–Crippen LogP) is 4.03. The highest BCUT2D eigenvalue weighted by Gasteiger charge is 2.15. The second-order valence-electron chi connectivity index (χ2n) is 4.08. The Hall–Kier alpha value is -1.67. The number of anilines is 1. The van der Waals surface area contributed by atoms with Crippen molar-refractivity contribution in [3.8, 4) is 0 Å². The number of halogens is 3. The highest BCUT2D eigenvalue weighted by atomic mass is 127. The molecule has 0 fully saturated rings. The second kappa shape index (κ2) is 6.40. The highest BCUT2D eigenvalue weighted by Crippen LogP contribution is 2.22. The van der Waals surface area contributed by atoms with Crippen molar-refractivity contribution in [1.82, 2.24) is 0 Å². The summed E-state index contributed by atoms with van der Waals surface area (Å²) in [5, 5.41) is 11.8. The van der Waals surface area contributed by atoms with E-state index in [1.54, 1.807) is 12.1 Å². The molecule has 0 aliphatic carbocycles. The van der Waals surface area contributed by atoms with Gasteiger partial charge in [0.25, 0.3) is 5.91 Å². The van der Waals surface area contributed by atoms with E-state index in [4.69, 9.17) is 16.7 Å². The monoisotopic (exact) mass is 419 g/mol. The maximum atomic E-state index is 13.2. The van der Waals surface area contributed by atoms with E-state index in [1.165, 1.54) is 6.07 Å². The fraction of sp³-hybridized carbons (Fsp3) is 0. The van der Waals surface area contributed by atoms with E-state index in [1.807, 2.05) is 22.6 Å². The van der Waals surface area contributed by atoms with Crippen LogP contribution in [0.15, 0.2) is 36.4 Å². The molecule has 0 unspecified atom stereocenters. The number of aromatic carboxylic acids is 1. The molecule has 0 atom stereocenters. The number of hydrogen-bond donors (Lipinski definition) is 2. The van der Waals surface area contributed by atoms with Crippen molar-refractivity contribution < 1.29 is 19.1 Å². The quantitative estimate of drug-likeness (QED) is 0.738. The second-order valence-corrected chi connectivity index (χ2v) is 5.65. The summed E-state index contributed by atoms with van der Waals surface area (Å²) in [6.45, 7) is 0. The first kappa shape index (κ1) is 15.7. The maximum Gasteiger partial charge on any atom is 0.337 e. The molecule has 2 N–H and O–H groups in total. The molecule has 0 aliphatic heterocycles. The lowest BCUT2D eigenvalue weighted by atomic mass is 10.1. The average molecular weight is 420 g/mol. The fourth-order valence-corrected chi connectivity index (χ4v) is 2.15. The van der Waals surface area contributed by atoms with Crippen molar-refractivity contribution >= 4 is 51.8 Å². The molecule has 2 aromatic rings. The summed E-state index contributed by atoms with van der Waals surface area (Å²) in [6, 6.07) is 7.72. The number of carbonyl (C=O) groups is 2. The van der Waals surface area contributed by atoms with Crippen molar-refractivity contribution in [3.63, 3.8) is 0 Å². The third-order valence-electron chi connectivity index (χ3n) is 2.64. The van der Waals surface area contributed by atoms with Crippen LogP contribution in [0.4, 0.5) is 10.1 Å². The smallest absolute Gasteiger partial charge is 0.337 e. The van der Waals surface area contributed by atoms with E-state index >= 15 is 0 Å². The molecule has 4 nitrogen and oxygen atoms in total. The molecular formula is C14H8ClFINO3. The number of carbonyl (C=O) groups excluding carboxylic acids is 1. The SMILES string of the molecule is O=C(Nc1cc(F)ccc1C(=O)O)c1ccc(I)c(Cl)c1. The number of amides is 1. The number of benzene rings is 2. The molecule has 0 aliphatic rings. The van der Waals surface area contributed by atoms with Crippen molar-refractivity contribution in [2.75, 3.05) is 5.32 Å². The van der Waals surface area contributed by atoms with E-state index in [0.717, 1.165) is 21.8 Å². The lowest BCUT2D eigenvalue weighted by molar-refractivity contribution is 0.0698. The van der Waals surface area contributed by atoms with Crippen LogP contribution in [-0.2, 0) is 0 Å². The van der Waals surface area contributed by atoms with Gasteiger partial charge in [0.1, 0.15) is 5.82 Å². The number of carboxylic acids is 1. The number of rotatable bonds is 3. The minimum atomic E-state index is -1.26. The molecule has 2 aromatic carbocycles. The Morgan fingerprint density at radius 2 is 1.90 bits per heavy atom. The van der Waals surface area contributed by atoms with Gasteiger partial charge in [-0.05, 0) is 59.0 Å². The topological polar surface area (TPSA) is 66.4 Å². The zero-order valence-corrected chi connectivity index (χ0v) is 13.3. The van der Waals surface area contributed by atoms with Gasteiger partial charge in [-0.15, -0.1) is 0 Å². The van der Waals surface area contributed by atoms with E-state index in [-0.39, 0.29) is 16.8 Å². The predicted molar refractivity (Wildman–Crippen MR) is 85.5 cm³/mol. The van der Waals surface area contributed by atoms with Gasteiger partial charge >= 0.3 is 5.97 Å². The zero-order valence-electron chi connectivity index (χ0n) is 10.4. The van der Waals surface area contributed by atoms with Crippen LogP contribution < -0.4 is 5.32 Å². The third-order valence-corrected chi connectivity index (χ3v) is 4.21. The molecule has 0 saturated carbocycles. The molecular weight excluding hydrogens is 412 g/mol. The molecule has 21 heavy (non-hydrogen) atoms. The van der Waals surface area contributed by atoms with Gasteiger partial charge in [0.15, 0.2) is 0 Å². The van der Waals surface area contributed by atoms with Crippen molar-refractivity contribution in [3.05, 3.63) is 61.9 Å². The largest absolute Gasteiger partial charge is 0.478 e. The summed E-state index contributed by atoms with van der Waals surface area (Å²) in [5.41, 5.74) is -0.0513. The van der Waals surface area contributed by atoms with E-state index in [2.05, 4.69) is 5.32 Å². The summed E-state index contributed by atoms with van der Waals surface area (Å²) in [7, 11) is 0. The summed E-state index contributed by atoms with van der Waals surface area (Å²) >= 11 is 7.94. The maximum absolute atomic E-state index is 13.2. The van der Waals surface area contributed by atoms with Gasteiger partial charge < -0.3 is 10.4 Å². The van der Waals surface area contributed by atoms with Gasteiger partial charge in [0.05, 0.1) is 16.3 Å². The lowest BCUT2D eigenvalue weighted by Crippen LogP contribution is -2.15. The standard InChI is InChI=1S/C14H8ClFINO3/c15-10-5-7(1-4-11(10)17)13(19)18-12-6-8(16)2-3-9(12)14(20)21/h1-6H,(H,18,19)(H,20,21). The molecule has 108 valence electrons. The number of nitrogens with one attached hydrogen (secondary N) is 1. The zero-order chi connectivity index (χ0) is 15.6. The molecule has 0 bridgehead atoms. The van der Waals surface area contributed by atoms with E-state index < -0.39 is 17.7 Å². The minimum absolute atomic E-state index is 0.109. The van der Waals surface area contributed by atoms with Crippen molar-refractivity contribution in [1.29, 1.82) is 0 Å². The summed E-state index contributed by atoms with van der Waals surface area (Å²) in [4.78, 5) is 23.1. The number of carboxylic acid groups (broad SMARTS) is 1. The Morgan fingerprint density at radius 3 is 2.52 bits per heavy atom. The number of hydrogen-bond acceptors (Lipinski definition) is 2. The van der Waals surface area contributed by atoms with Crippen LogP contribution in [0.1, 0.15) is 20.7 Å². The first-order chi connectivity index (χ1) is 9.88. The lowest BCUT2D eigenvalue weighted by Gasteiger charge is -2.09. The van der Waals surface area contributed by atoms with Gasteiger partial charge in [0, 0.05) is 9.13 Å². The first-order valence-corrected chi connectivity index (χ1v) is 7.13. The van der Waals surface area contributed by atoms with Crippen molar-refractivity contribution in [2.24, 2.45) is 0 Å². The van der Waals surface area contributed by atoms with Crippen LogP contribution in [0.2, 0.25) is 5.02 Å². The summed E-state index contributed by atoms with van der Waals surface area (Å²) in [5.74, 6) is -2.47. The van der Waals surface area contributed by atoms with Crippen LogP contribution in [0, 0.1) is 9.39 Å². The first-order valence-electron chi connectivity index (χ1n) is 5.67. The van der Waals surface area contributed by atoms with Gasteiger partial charge in [-0.25, -0.2) is 9.18 Å². The Balaban J connectivity index is 2.33. The van der Waals surface area contributed by atoms with Gasteiger partial charge in [0.2, 0.25) is 0 Å². The third kappa shape index (κ3) is 3.70. The molecule has 1 amide bonds. The van der Waals surface area contributed by atoms with Crippen LogP contribution in [0.3, 0.4) is 0 Å². The molecule has 0 radical (unpaired) electrons. The molecule has 7 heteroatoms. The van der Waals surface area contributed by atoms with Crippen LogP contribution in [0.5, 0.6) is 0 Å². The summed E-state index contributed by atoms with van der Waals surface area (Å²) in [6.07, 6.45) is 0. The van der Waals surface area contributed by atoms with E-state index in [0.29, 0.717) is 5.02 Å². The molecule has 0 aromatic heterocycles. The molecule has 0 heterocycles. The Labute approximate surface area is 138 Å². The van der Waals surface area contributed by atoms with Gasteiger partial charge in [-0.2, -0.15) is 0 Å². The van der Waals surface area contributed by atoms with E-state index in [9.17, 15) is 14.0 Å². The Morgan fingerprint density at radius 1 is 1.19 bits per heavy atom. The molecule has 0 saturated heterocycles. The molecule has 0 spiro atoms. The highest BCUT2D eigenvalue weighted by molar-refractivity contribution is 14.1. The Bertz CT molecular complexity index is 736. The normalized spacial score (nSPS) is 10.2. The van der Waals surface area contributed by atoms with Crippen LogP contribution in [-0.4, -0.2) is 17.0 Å². The fourth-order valence-electron chi connectivity index (χ4n) is 1.64. The van der Waals surface area contributed by atoms with Crippen molar-refractivity contribution in [2.45, 2.75) is 0 Å². The minimum Gasteiger partial charge on any atom is -0.478 e. The van der Waals surface area contributed by atoms with Crippen LogP contribution in [0.25, 0.3) is 0 Å². The van der Waals surface area contributed by atoms with Gasteiger partial charge in [-0.3, -0.25) is 4.79 Å². The summed E-state index contributed by atoms with van der Waals surface area (Å²) < 4.78 is 14.0. The van der Waals surface area contributed by atoms with Crippen LogP contribution >= 0.6 is 34.2 Å². The average Bonchev–Trinajstić information content (AvgIpc) is 2.41. The van der Waals surface area contributed by atoms with Gasteiger partial charge in [-0.1, -0.05) is 11.6 Å².